The number of hydrogen-bond acceptors (Lipinski definition) is 6. The molecule has 0 spiro atoms. The van der Waals surface area contributed by atoms with Gasteiger partial charge in [-0.2, -0.15) is 0 Å². The fourth-order valence-electron chi connectivity index (χ4n) is 2.23. The van der Waals surface area contributed by atoms with Gasteiger partial charge < -0.3 is 15.8 Å². The minimum atomic E-state index is 0.218. The van der Waals surface area contributed by atoms with Crippen molar-refractivity contribution >= 4 is 39.6 Å². The number of carbonyl (C=O) groups excluding carboxylic acids is 1. The molecule has 4 nitrogen and oxygen atoms in total. The Hall–Kier alpha value is -0.720. The van der Waals surface area contributed by atoms with Gasteiger partial charge in [0.2, 0.25) is 0 Å². The van der Waals surface area contributed by atoms with E-state index in [-0.39, 0.29) is 11.7 Å². The van der Waals surface area contributed by atoms with Gasteiger partial charge in [0, 0.05) is 19.1 Å². The summed E-state index contributed by atoms with van der Waals surface area (Å²) in [5.41, 5.74) is 6.82. The Morgan fingerprint density at radius 3 is 2.81 bits per heavy atom. The maximum atomic E-state index is 12.2. The quantitative estimate of drug-likeness (QED) is 0.413. The van der Waals surface area contributed by atoms with Gasteiger partial charge in [-0.15, -0.1) is 23.1 Å². The van der Waals surface area contributed by atoms with Crippen LogP contribution in [0.25, 0.3) is 0 Å². The largest absolute Gasteiger partial charge is 0.396 e. The van der Waals surface area contributed by atoms with E-state index in [1.54, 1.807) is 11.8 Å². The van der Waals surface area contributed by atoms with Crippen LogP contribution >= 0.6 is 23.1 Å². The molecule has 3 N–H and O–H groups in total. The van der Waals surface area contributed by atoms with Crippen LogP contribution in [0, 0.1) is 11.8 Å². The van der Waals surface area contributed by atoms with E-state index in [9.17, 15) is 4.79 Å². The Morgan fingerprint density at radius 1 is 1.43 bits per heavy atom. The standard InChI is InChI=1S/C15H22N2O2S2/c1-20-14-11(16)13(12(18)10-4-5-10)21-15(14)17-6-7-19-8-9-2-3-9/h9-10,17H,2-8,16H2,1H3. The fraction of sp³-hybridized carbons (Fsp3) is 0.667. The molecule has 0 aliphatic heterocycles. The second kappa shape index (κ2) is 6.58. The van der Waals surface area contributed by atoms with Gasteiger partial charge in [0.25, 0.3) is 0 Å². The molecule has 21 heavy (non-hydrogen) atoms. The molecule has 1 aromatic rings. The molecule has 1 aromatic heterocycles. The van der Waals surface area contributed by atoms with Crippen LogP contribution in [-0.4, -0.2) is 31.8 Å². The second-order valence-corrected chi connectivity index (χ2v) is 7.63. The van der Waals surface area contributed by atoms with Crippen molar-refractivity contribution in [2.75, 3.05) is 37.1 Å². The van der Waals surface area contributed by atoms with E-state index in [4.69, 9.17) is 10.5 Å². The number of ether oxygens (including phenoxy) is 1. The van der Waals surface area contributed by atoms with E-state index >= 15 is 0 Å². The first kappa shape index (κ1) is 15.2. The molecular weight excluding hydrogens is 304 g/mol. The molecule has 6 heteroatoms. The maximum absolute atomic E-state index is 12.2. The predicted octanol–water partition coefficient (Wildman–Crippen LogP) is 3.48. The van der Waals surface area contributed by atoms with Crippen molar-refractivity contribution < 1.29 is 9.53 Å². The lowest BCUT2D eigenvalue weighted by atomic mass is 10.2. The Labute approximate surface area is 133 Å². The molecule has 0 bridgehead atoms. The van der Waals surface area contributed by atoms with Gasteiger partial charge in [0.1, 0.15) is 5.00 Å². The summed E-state index contributed by atoms with van der Waals surface area (Å²) in [6.45, 7) is 2.35. The third-order valence-electron chi connectivity index (χ3n) is 3.86. The summed E-state index contributed by atoms with van der Waals surface area (Å²) < 4.78 is 5.62. The number of nitrogens with one attached hydrogen (secondary N) is 1. The molecule has 2 fully saturated rings. The summed E-state index contributed by atoms with van der Waals surface area (Å²) in [5.74, 6) is 1.24. The highest BCUT2D eigenvalue weighted by atomic mass is 32.2. The smallest absolute Gasteiger partial charge is 0.178 e. The molecule has 1 heterocycles. The third kappa shape index (κ3) is 3.73. The lowest BCUT2D eigenvalue weighted by Crippen LogP contribution is -2.10. The molecule has 0 aromatic carbocycles. The normalized spacial score (nSPS) is 18.0. The Balaban J connectivity index is 1.57. The van der Waals surface area contributed by atoms with Crippen LogP contribution in [0.15, 0.2) is 4.90 Å². The lowest BCUT2D eigenvalue weighted by Gasteiger charge is -2.06. The van der Waals surface area contributed by atoms with Crippen molar-refractivity contribution in [1.82, 2.24) is 0 Å². The zero-order chi connectivity index (χ0) is 14.8. The van der Waals surface area contributed by atoms with Gasteiger partial charge in [0.05, 0.1) is 22.1 Å². The number of Topliss-reactive ketones (excluding diaryl/α,β-unsaturated/α-hetero) is 1. The molecule has 0 saturated heterocycles. The Kier molecular flexibility index (Phi) is 4.76. The molecule has 2 aliphatic carbocycles. The molecule has 0 amide bonds. The molecule has 0 radical (unpaired) electrons. The molecule has 0 unspecified atom stereocenters. The zero-order valence-corrected chi connectivity index (χ0v) is 13.9. The first-order valence-corrected chi connectivity index (χ1v) is 9.57. The molecule has 3 rings (SSSR count). The molecule has 2 saturated carbocycles. The van der Waals surface area contributed by atoms with E-state index in [0.29, 0.717) is 12.3 Å². The Bertz CT molecular complexity index is 522. The minimum Gasteiger partial charge on any atom is -0.396 e. The highest BCUT2D eigenvalue weighted by molar-refractivity contribution is 7.99. The summed E-state index contributed by atoms with van der Waals surface area (Å²) in [5, 5.41) is 4.39. The number of nitrogens with two attached hydrogens (primary N) is 1. The first-order chi connectivity index (χ1) is 10.2. The second-order valence-electron chi connectivity index (χ2n) is 5.79. The number of carbonyl (C=O) groups is 1. The van der Waals surface area contributed by atoms with E-state index in [2.05, 4.69) is 5.32 Å². The van der Waals surface area contributed by atoms with Gasteiger partial charge in [-0.25, -0.2) is 0 Å². The summed E-state index contributed by atoms with van der Waals surface area (Å²) in [6.07, 6.45) is 6.67. The summed E-state index contributed by atoms with van der Waals surface area (Å²) in [7, 11) is 0. The van der Waals surface area contributed by atoms with Gasteiger partial charge in [-0.05, 0) is 37.9 Å². The number of rotatable bonds is 9. The summed E-state index contributed by atoms with van der Waals surface area (Å²) in [6, 6.07) is 0. The number of ketones is 1. The average Bonchev–Trinajstić information content (AvgIpc) is 3.36. The van der Waals surface area contributed by atoms with Crippen LogP contribution < -0.4 is 11.1 Å². The highest BCUT2D eigenvalue weighted by Gasteiger charge is 2.34. The number of hydrogen-bond donors (Lipinski definition) is 2. The SMILES string of the molecule is CSc1c(NCCOCC2CC2)sc(C(=O)C2CC2)c1N. The van der Waals surface area contributed by atoms with Crippen LogP contribution in [0.4, 0.5) is 10.7 Å². The average molecular weight is 326 g/mol. The van der Waals surface area contributed by atoms with Crippen molar-refractivity contribution in [3.05, 3.63) is 4.88 Å². The molecule has 2 aliphatic rings. The van der Waals surface area contributed by atoms with Crippen molar-refractivity contribution in [1.29, 1.82) is 0 Å². The zero-order valence-electron chi connectivity index (χ0n) is 12.3. The highest BCUT2D eigenvalue weighted by Crippen LogP contribution is 2.45. The van der Waals surface area contributed by atoms with E-state index in [0.717, 1.165) is 46.7 Å². The monoisotopic (exact) mass is 326 g/mol. The number of anilines is 2. The topological polar surface area (TPSA) is 64.3 Å². The van der Waals surface area contributed by atoms with Crippen LogP contribution in [0.1, 0.15) is 35.4 Å². The summed E-state index contributed by atoms with van der Waals surface area (Å²) in [4.78, 5) is 14.0. The molecule has 0 atom stereocenters. The van der Waals surface area contributed by atoms with Crippen molar-refractivity contribution in [2.45, 2.75) is 30.6 Å². The number of thioether (sulfide) groups is 1. The van der Waals surface area contributed by atoms with Crippen molar-refractivity contribution in [3.8, 4) is 0 Å². The maximum Gasteiger partial charge on any atom is 0.178 e. The van der Waals surface area contributed by atoms with E-state index in [1.807, 2.05) is 6.26 Å². The van der Waals surface area contributed by atoms with Crippen LogP contribution in [-0.2, 0) is 4.74 Å². The lowest BCUT2D eigenvalue weighted by molar-refractivity contribution is 0.0972. The van der Waals surface area contributed by atoms with Gasteiger partial charge in [-0.1, -0.05) is 0 Å². The van der Waals surface area contributed by atoms with Crippen molar-refractivity contribution in [3.63, 3.8) is 0 Å². The van der Waals surface area contributed by atoms with Gasteiger partial charge in [0.15, 0.2) is 5.78 Å². The van der Waals surface area contributed by atoms with E-state index in [1.165, 1.54) is 24.2 Å². The first-order valence-electron chi connectivity index (χ1n) is 7.52. The summed E-state index contributed by atoms with van der Waals surface area (Å²) >= 11 is 3.10. The number of thiophene rings is 1. The van der Waals surface area contributed by atoms with Gasteiger partial charge in [-0.3, -0.25) is 4.79 Å². The van der Waals surface area contributed by atoms with Gasteiger partial charge >= 0.3 is 0 Å². The van der Waals surface area contributed by atoms with Crippen molar-refractivity contribution in [2.24, 2.45) is 11.8 Å². The number of nitrogen functional groups attached to an aromatic ring is 1. The molecular formula is C15H22N2O2S2. The predicted molar refractivity (Wildman–Crippen MR) is 89.6 cm³/mol. The third-order valence-corrected chi connectivity index (χ3v) is 6.00. The van der Waals surface area contributed by atoms with Crippen LogP contribution in [0.2, 0.25) is 0 Å². The fourth-order valence-corrected chi connectivity index (χ4v) is 4.31. The minimum absolute atomic E-state index is 0.218. The molecule has 116 valence electrons. The van der Waals surface area contributed by atoms with Crippen LogP contribution in [0.3, 0.4) is 0 Å². The Morgan fingerprint density at radius 2 is 2.19 bits per heavy atom. The van der Waals surface area contributed by atoms with Crippen LogP contribution in [0.5, 0.6) is 0 Å². The van der Waals surface area contributed by atoms with E-state index < -0.39 is 0 Å².